The Balaban J connectivity index is 2.78. The first kappa shape index (κ1) is 11.9. The summed E-state index contributed by atoms with van der Waals surface area (Å²) in [4.78, 5) is 2.16. The van der Waals surface area contributed by atoms with Crippen molar-refractivity contribution >= 4 is 9.84 Å². The van der Waals surface area contributed by atoms with Crippen LogP contribution in [0.3, 0.4) is 0 Å². The largest absolute Gasteiger partial charge is 0.325 e. The minimum atomic E-state index is -2.90. The molecule has 0 aromatic rings. The van der Waals surface area contributed by atoms with E-state index in [1.807, 2.05) is 6.92 Å². The number of likely N-dealkylation sites (N-methyl/N-ethyl adjacent to an activating group) is 1. The Morgan fingerprint density at radius 1 is 1.43 bits per heavy atom. The van der Waals surface area contributed by atoms with Crippen LogP contribution in [0, 0.1) is 0 Å². The van der Waals surface area contributed by atoms with Crippen LogP contribution in [0.5, 0.6) is 0 Å². The first-order valence-electron chi connectivity index (χ1n) is 5.09. The molecule has 1 rings (SSSR count). The van der Waals surface area contributed by atoms with E-state index >= 15 is 0 Å². The Morgan fingerprint density at radius 3 is 2.29 bits per heavy atom. The van der Waals surface area contributed by atoms with E-state index < -0.39 is 9.84 Å². The lowest BCUT2D eigenvalue weighted by molar-refractivity contribution is 0.165. The maximum Gasteiger partial charge on any atom is 0.153 e. The van der Waals surface area contributed by atoms with Gasteiger partial charge in [0.05, 0.1) is 11.5 Å². The molecule has 1 aliphatic heterocycles. The van der Waals surface area contributed by atoms with Crippen molar-refractivity contribution in [3.8, 4) is 0 Å². The summed E-state index contributed by atoms with van der Waals surface area (Å²) in [5.41, 5.74) is 5.85. The van der Waals surface area contributed by atoms with Crippen molar-refractivity contribution in [1.82, 2.24) is 4.90 Å². The summed E-state index contributed by atoms with van der Waals surface area (Å²) in [5, 5.41) is 0. The van der Waals surface area contributed by atoms with Crippen LogP contribution in [0.25, 0.3) is 0 Å². The van der Waals surface area contributed by atoms with Crippen LogP contribution < -0.4 is 5.73 Å². The molecule has 0 bridgehead atoms. The van der Waals surface area contributed by atoms with Crippen molar-refractivity contribution in [3.05, 3.63) is 0 Å². The fourth-order valence-corrected chi connectivity index (χ4v) is 4.08. The molecule has 0 saturated carbocycles. The van der Waals surface area contributed by atoms with Crippen LogP contribution in [-0.2, 0) is 9.84 Å². The van der Waals surface area contributed by atoms with Crippen molar-refractivity contribution < 1.29 is 8.42 Å². The van der Waals surface area contributed by atoms with Crippen LogP contribution in [0.1, 0.15) is 20.8 Å². The van der Waals surface area contributed by atoms with Crippen molar-refractivity contribution in [1.29, 1.82) is 0 Å². The highest BCUT2D eigenvalue weighted by Crippen LogP contribution is 2.18. The summed E-state index contributed by atoms with van der Waals surface area (Å²) >= 11 is 0. The van der Waals surface area contributed by atoms with Gasteiger partial charge in [-0.3, -0.25) is 4.90 Å². The average Bonchev–Trinajstić information content (AvgIpc) is 2.26. The van der Waals surface area contributed by atoms with Gasteiger partial charge in [-0.2, -0.15) is 0 Å². The number of hydrogen-bond acceptors (Lipinski definition) is 4. The zero-order valence-corrected chi connectivity index (χ0v) is 9.92. The van der Waals surface area contributed by atoms with E-state index in [9.17, 15) is 8.42 Å². The first-order chi connectivity index (χ1) is 6.37. The van der Waals surface area contributed by atoms with Crippen molar-refractivity contribution in [3.63, 3.8) is 0 Å². The number of hydrogen-bond donors (Lipinski definition) is 1. The Labute approximate surface area is 86.4 Å². The van der Waals surface area contributed by atoms with Gasteiger partial charge in [0.15, 0.2) is 9.84 Å². The zero-order valence-electron chi connectivity index (χ0n) is 9.10. The molecule has 1 fully saturated rings. The number of nitrogens with two attached hydrogens (primary N) is 1. The number of nitrogens with zero attached hydrogens (tertiary/aromatic N) is 1. The molecule has 0 radical (unpaired) electrons. The van der Waals surface area contributed by atoms with Crippen LogP contribution >= 0.6 is 0 Å². The maximum absolute atomic E-state index is 11.4. The highest BCUT2D eigenvalue weighted by atomic mass is 32.2. The molecule has 2 unspecified atom stereocenters. The summed E-state index contributed by atoms with van der Waals surface area (Å²) in [6, 6.07) is 0.136. The van der Waals surface area contributed by atoms with Gasteiger partial charge >= 0.3 is 0 Å². The zero-order chi connectivity index (χ0) is 10.9. The standard InChI is InChI=1S/C9H20N2O2S/c1-4-11(7(2)3)9-6-14(12,13)5-8(9)10/h7-9H,4-6,10H2,1-3H3. The summed E-state index contributed by atoms with van der Waals surface area (Å²) < 4.78 is 22.8. The van der Waals surface area contributed by atoms with E-state index in [0.29, 0.717) is 6.04 Å². The maximum atomic E-state index is 11.4. The van der Waals surface area contributed by atoms with Gasteiger partial charge in [0.2, 0.25) is 0 Å². The number of rotatable bonds is 3. The molecule has 84 valence electrons. The molecule has 0 aromatic carbocycles. The quantitative estimate of drug-likeness (QED) is 0.718. The molecule has 4 nitrogen and oxygen atoms in total. The lowest BCUT2D eigenvalue weighted by Gasteiger charge is -2.32. The van der Waals surface area contributed by atoms with Crippen molar-refractivity contribution in [2.75, 3.05) is 18.1 Å². The summed E-state index contributed by atoms with van der Waals surface area (Å²) in [5.74, 6) is 0.362. The Kier molecular flexibility index (Phi) is 3.55. The van der Waals surface area contributed by atoms with Gasteiger partial charge in [0, 0.05) is 18.1 Å². The molecule has 5 heteroatoms. The second-order valence-electron chi connectivity index (χ2n) is 4.23. The third-order valence-corrected chi connectivity index (χ3v) is 4.56. The third kappa shape index (κ3) is 2.46. The molecule has 0 spiro atoms. The van der Waals surface area contributed by atoms with Gasteiger partial charge < -0.3 is 5.73 Å². The van der Waals surface area contributed by atoms with E-state index in [-0.39, 0.29) is 23.6 Å². The minimum absolute atomic E-state index is 0.00463. The molecule has 2 N–H and O–H groups in total. The predicted octanol–water partition coefficient (Wildman–Crippen LogP) is -0.159. The summed E-state index contributed by atoms with van der Waals surface area (Å²) in [6.07, 6.45) is 0. The number of sulfone groups is 1. The van der Waals surface area contributed by atoms with Gasteiger partial charge in [-0.15, -0.1) is 0 Å². The lowest BCUT2D eigenvalue weighted by atomic mass is 10.1. The van der Waals surface area contributed by atoms with Gasteiger partial charge in [0.1, 0.15) is 0 Å². The molecule has 1 heterocycles. The van der Waals surface area contributed by atoms with E-state index in [2.05, 4.69) is 18.7 Å². The lowest BCUT2D eigenvalue weighted by Crippen LogP contribution is -2.49. The first-order valence-corrected chi connectivity index (χ1v) is 6.91. The van der Waals surface area contributed by atoms with Gasteiger partial charge in [-0.1, -0.05) is 6.92 Å². The Bertz CT molecular complexity index is 287. The molecule has 0 aliphatic carbocycles. The minimum Gasteiger partial charge on any atom is -0.325 e. The molecule has 14 heavy (non-hydrogen) atoms. The Morgan fingerprint density at radius 2 is 2.00 bits per heavy atom. The topological polar surface area (TPSA) is 63.4 Å². The van der Waals surface area contributed by atoms with Crippen molar-refractivity contribution in [2.45, 2.75) is 38.9 Å². The van der Waals surface area contributed by atoms with E-state index in [0.717, 1.165) is 6.54 Å². The molecular formula is C9H20N2O2S. The fraction of sp³-hybridized carbons (Fsp3) is 1.00. The smallest absolute Gasteiger partial charge is 0.153 e. The SMILES string of the molecule is CCN(C(C)C)C1CS(=O)(=O)CC1N. The normalized spacial score (nSPS) is 31.6. The fourth-order valence-electron chi connectivity index (χ4n) is 2.18. The van der Waals surface area contributed by atoms with Gasteiger partial charge in [0.25, 0.3) is 0 Å². The van der Waals surface area contributed by atoms with Gasteiger partial charge in [-0.05, 0) is 20.4 Å². The second kappa shape index (κ2) is 4.16. The summed E-state index contributed by atoms with van der Waals surface area (Å²) in [7, 11) is -2.90. The van der Waals surface area contributed by atoms with Crippen LogP contribution in [0.4, 0.5) is 0 Å². The molecule has 1 aliphatic rings. The molecule has 0 amide bonds. The van der Waals surface area contributed by atoms with Crippen LogP contribution in [-0.4, -0.2) is 49.5 Å². The molecule has 0 aromatic heterocycles. The Hall–Kier alpha value is -0.130. The van der Waals surface area contributed by atoms with Gasteiger partial charge in [-0.25, -0.2) is 8.42 Å². The van der Waals surface area contributed by atoms with E-state index in [4.69, 9.17) is 5.73 Å². The monoisotopic (exact) mass is 220 g/mol. The van der Waals surface area contributed by atoms with E-state index in [1.165, 1.54) is 0 Å². The molecule has 2 atom stereocenters. The average molecular weight is 220 g/mol. The molecular weight excluding hydrogens is 200 g/mol. The third-order valence-electron chi connectivity index (χ3n) is 2.82. The molecule has 1 saturated heterocycles. The highest BCUT2D eigenvalue weighted by Gasteiger charge is 2.38. The highest BCUT2D eigenvalue weighted by molar-refractivity contribution is 7.91. The van der Waals surface area contributed by atoms with Crippen molar-refractivity contribution in [2.24, 2.45) is 5.73 Å². The predicted molar refractivity (Wildman–Crippen MR) is 57.9 cm³/mol. The van der Waals surface area contributed by atoms with E-state index in [1.54, 1.807) is 0 Å². The summed E-state index contributed by atoms with van der Waals surface area (Å²) in [6.45, 7) is 7.03. The van der Waals surface area contributed by atoms with Crippen LogP contribution in [0.15, 0.2) is 0 Å². The second-order valence-corrected chi connectivity index (χ2v) is 6.39. The van der Waals surface area contributed by atoms with Crippen LogP contribution in [0.2, 0.25) is 0 Å².